The quantitative estimate of drug-likeness (QED) is 0.414. The van der Waals surface area contributed by atoms with Crippen LogP contribution in [0, 0.1) is 0 Å². The Morgan fingerprint density at radius 3 is 2.50 bits per heavy atom. The van der Waals surface area contributed by atoms with Crippen LogP contribution >= 0.6 is 0 Å². The number of hydrogen-bond acceptors (Lipinski definition) is 3. The van der Waals surface area contributed by atoms with Gasteiger partial charge in [0.15, 0.2) is 5.96 Å². The zero-order valence-corrected chi connectivity index (χ0v) is 18.5. The Morgan fingerprint density at radius 2 is 1.83 bits per heavy atom. The van der Waals surface area contributed by atoms with Gasteiger partial charge in [-0.05, 0) is 62.1 Å². The molecule has 162 valence electrons. The normalized spacial score (nSPS) is 12.2. The molecule has 0 heterocycles. The molecule has 0 aromatic heterocycles. The van der Waals surface area contributed by atoms with Gasteiger partial charge in [-0.1, -0.05) is 31.2 Å². The van der Waals surface area contributed by atoms with Crippen molar-refractivity contribution >= 4 is 11.9 Å². The van der Waals surface area contributed by atoms with Crippen LogP contribution in [0.1, 0.15) is 48.7 Å². The maximum Gasteiger partial charge on any atom is 0.251 e. The number of benzene rings is 2. The summed E-state index contributed by atoms with van der Waals surface area (Å²) >= 11 is 0. The molecule has 3 N–H and O–H groups in total. The zero-order chi connectivity index (χ0) is 21.8. The van der Waals surface area contributed by atoms with Crippen LogP contribution in [0.2, 0.25) is 0 Å². The fourth-order valence-corrected chi connectivity index (χ4v) is 2.85. The van der Waals surface area contributed by atoms with Gasteiger partial charge in [-0.3, -0.25) is 4.79 Å². The SMILES string of the molecule is CCNC(=NCc1cccc(C(=O)NC(C)CC)c1)NCCc1ccc(OC)cc1. The fraction of sp³-hybridized carbons (Fsp3) is 0.417. The number of hydrogen-bond donors (Lipinski definition) is 3. The summed E-state index contributed by atoms with van der Waals surface area (Å²) in [6.07, 6.45) is 1.80. The van der Waals surface area contributed by atoms with Gasteiger partial charge in [-0.25, -0.2) is 4.99 Å². The van der Waals surface area contributed by atoms with Gasteiger partial charge >= 0.3 is 0 Å². The van der Waals surface area contributed by atoms with Crippen LogP contribution in [0.4, 0.5) is 0 Å². The first kappa shape index (κ1) is 23.3. The van der Waals surface area contributed by atoms with Crippen molar-refractivity contribution in [1.82, 2.24) is 16.0 Å². The number of nitrogens with zero attached hydrogens (tertiary/aromatic N) is 1. The van der Waals surface area contributed by atoms with E-state index in [9.17, 15) is 4.79 Å². The Hall–Kier alpha value is -3.02. The number of nitrogens with one attached hydrogen (secondary N) is 3. The molecule has 1 amide bonds. The van der Waals surface area contributed by atoms with Crippen molar-refractivity contribution in [3.8, 4) is 5.75 Å². The molecule has 0 saturated heterocycles. The van der Waals surface area contributed by atoms with E-state index in [0.29, 0.717) is 12.1 Å². The molecule has 0 radical (unpaired) electrons. The molecular formula is C24H34N4O2. The molecule has 30 heavy (non-hydrogen) atoms. The summed E-state index contributed by atoms with van der Waals surface area (Å²) in [7, 11) is 1.67. The van der Waals surface area contributed by atoms with Crippen LogP contribution < -0.4 is 20.7 Å². The summed E-state index contributed by atoms with van der Waals surface area (Å²) in [6, 6.07) is 15.9. The first-order valence-electron chi connectivity index (χ1n) is 10.6. The number of rotatable bonds is 10. The van der Waals surface area contributed by atoms with Crippen molar-refractivity contribution in [2.24, 2.45) is 4.99 Å². The van der Waals surface area contributed by atoms with E-state index in [0.717, 1.165) is 43.2 Å². The Bertz CT molecular complexity index is 818. The van der Waals surface area contributed by atoms with Crippen molar-refractivity contribution < 1.29 is 9.53 Å². The average molecular weight is 411 g/mol. The van der Waals surface area contributed by atoms with Crippen LogP contribution in [-0.4, -0.2) is 38.1 Å². The molecule has 0 aliphatic heterocycles. The summed E-state index contributed by atoms with van der Waals surface area (Å²) in [5.41, 5.74) is 2.90. The number of amides is 1. The molecule has 2 aromatic rings. The van der Waals surface area contributed by atoms with Gasteiger partial charge < -0.3 is 20.7 Å². The largest absolute Gasteiger partial charge is 0.497 e. The molecule has 6 nitrogen and oxygen atoms in total. The summed E-state index contributed by atoms with van der Waals surface area (Å²) in [5, 5.41) is 9.64. The lowest BCUT2D eigenvalue weighted by atomic mass is 10.1. The third-order valence-corrected chi connectivity index (χ3v) is 4.81. The lowest BCUT2D eigenvalue weighted by Crippen LogP contribution is -2.38. The second-order valence-corrected chi connectivity index (χ2v) is 7.20. The van der Waals surface area contributed by atoms with Crippen LogP contribution in [0.3, 0.4) is 0 Å². The summed E-state index contributed by atoms with van der Waals surface area (Å²) in [5.74, 6) is 1.59. The number of carbonyl (C=O) groups excluding carboxylic acids is 1. The molecule has 1 unspecified atom stereocenters. The van der Waals surface area contributed by atoms with E-state index in [1.54, 1.807) is 7.11 Å². The molecule has 0 aliphatic carbocycles. The minimum Gasteiger partial charge on any atom is -0.497 e. The fourth-order valence-electron chi connectivity index (χ4n) is 2.85. The van der Waals surface area contributed by atoms with Crippen LogP contribution in [0.5, 0.6) is 5.75 Å². The highest BCUT2D eigenvalue weighted by Crippen LogP contribution is 2.11. The maximum atomic E-state index is 12.3. The lowest BCUT2D eigenvalue weighted by molar-refractivity contribution is 0.0939. The third kappa shape index (κ3) is 7.78. The van der Waals surface area contributed by atoms with Crippen molar-refractivity contribution in [2.75, 3.05) is 20.2 Å². The van der Waals surface area contributed by atoms with E-state index in [1.807, 2.05) is 50.2 Å². The highest BCUT2D eigenvalue weighted by atomic mass is 16.5. The van der Waals surface area contributed by atoms with Gasteiger partial charge in [0.1, 0.15) is 5.75 Å². The van der Waals surface area contributed by atoms with Gasteiger partial charge in [-0.15, -0.1) is 0 Å². The maximum absolute atomic E-state index is 12.3. The van der Waals surface area contributed by atoms with E-state index in [4.69, 9.17) is 4.74 Å². The van der Waals surface area contributed by atoms with E-state index < -0.39 is 0 Å². The van der Waals surface area contributed by atoms with Crippen molar-refractivity contribution in [3.63, 3.8) is 0 Å². The van der Waals surface area contributed by atoms with E-state index in [2.05, 4.69) is 40.0 Å². The third-order valence-electron chi connectivity index (χ3n) is 4.81. The topological polar surface area (TPSA) is 74.8 Å². The summed E-state index contributed by atoms with van der Waals surface area (Å²) < 4.78 is 5.20. The number of guanidine groups is 1. The number of ether oxygens (including phenoxy) is 1. The second-order valence-electron chi connectivity index (χ2n) is 7.20. The minimum atomic E-state index is -0.0419. The smallest absolute Gasteiger partial charge is 0.251 e. The predicted molar refractivity (Wildman–Crippen MR) is 123 cm³/mol. The van der Waals surface area contributed by atoms with E-state index >= 15 is 0 Å². The Kier molecular flexibility index (Phi) is 9.71. The first-order chi connectivity index (χ1) is 14.5. The van der Waals surface area contributed by atoms with Gasteiger partial charge in [0.25, 0.3) is 5.91 Å². The van der Waals surface area contributed by atoms with E-state index in [-0.39, 0.29) is 11.9 Å². The number of aliphatic imine (C=N–C) groups is 1. The molecule has 0 aliphatic rings. The molecule has 0 bridgehead atoms. The minimum absolute atomic E-state index is 0.0419. The summed E-state index contributed by atoms with van der Waals surface area (Å²) in [6.45, 7) is 8.16. The van der Waals surface area contributed by atoms with Crippen LogP contribution in [0.15, 0.2) is 53.5 Å². The number of methoxy groups -OCH3 is 1. The molecule has 2 rings (SSSR count). The monoisotopic (exact) mass is 410 g/mol. The molecule has 2 aromatic carbocycles. The van der Waals surface area contributed by atoms with Gasteiger partial charge in [0.05, 0.1) is 13.7 Å². The molecule has 0 saturated carbocycles. The molecule has 0 spiro atoms. The van der Waals surface area contributed by atoms with Crippen LogP contribution in [-0.2, 0) is 13.0 Å². The Balaban J connectivity index is 1.93. The van der Waals surface area contributed by atoms with Crippen molar-refractivity contribution in [2.45, 2.75) is 46.2 Å². The predicted octanol–water partition coefficient (Wildman–Crippen LogP) is 3.52. The highest BCUT2D eigenvalue weighted by molar-refractivity contribution is 5.94. The van der Waals surface area contributed by atoms with Gasteiger partial charge in [0.2, 0.25) is 0 Å². The zero-order valence-electron chi connectivity index (χ0n) is 18.5. The molecule has 1 atom stereocenters. The molecule has 6 heteroatoms. The number of carbonyl (C=O) groups is 1. The first-order valence-corrected chi connectivity index (χ1v) is 10.6. The Labute approximate surface area is 180 Å². The highest BCUT2D eigenvalue weighted by Gasteiger charge is 2.09. The Morgan fingerprint density at radius 1 is 1.07 bits per heavy atom. The second kappa shape index (κ2) is 12.5. The molecule has 0 fully saturated rings. The van der Waals surface area contributed by atoms with Crippen molar-refractivity contribution in [3.05, 3.63) is 65.2 Å². The van der Waals surface area contributed by atoms with Gasteiger partial charge in [0, 0.05) is 24.7 Å². The summed E-state index contributed by atoms with van der Waals surface area (Å²) in [4.78, 5) is 17.0. The standard InChI is InChI=1S/C24H34N4O2/c1-5-18(3)28-23(29)21-9-7-8-20(16-21)17-27-24(25-6-2)26-15-14-19-10-12-22(30-4)13-11-19/h7-13,16,18H,5-6,14-15,17H2,1-4H3,(H,28,29)(H2,25,26,27). The average Bonchev–Trinajstić information content (AvgIpc) is 2.78. The van der Waals surface area contributed by atoms with E-state index in [1.165, 1.54) is 5.56 Å². The van der Waals surface area contributed by atoms with Crippen LogP contribution in [0.25, 0.3) is 0 Å². The van der Waals surface area contributed by atoms with Gasteiger partial charge in [-0.2, -0.15) is 0 Å². The van der Waals surface area contributed by atoms with Crippen molar-refractivity contribution in [1.29, 1.82) is 0 Å². The lowest BCUT2D eigenvalue weighted by Gasteiger charge is -2.13. The molecular weight excluding hydrogens is 376 g/mol.